The van der Waals surface area contributed by atoms with Crippen molar-refractivity contribution in [3.63, 3.8) is 0 Å². The number of allylic oxidation sites excluding steroid dienone is 1. The molecular weight excluding hydrogens is 188 g/mol. The van der Waals surface area contributed by atoms with Gasteiger partial charge in [0, 0.05) is 11.8 Å². The first kappa shape index (κ1) is 10.4. The highest BCUT2D eigenvalue weighted by molar-refractivity contribution is 5.94. The first-order chi connectivity index (χ1) is 7.07. The fourth-order valence-corrected chi connectivity index (χ4v) is 2.78. The summed E-state index contributed by atoms with van der Waals surface area (Å²) in [6.07, 6.45) is 10.8. The molecule has 1 N–H and O–H groups in total. The normalized spacial score (nSPS) is 44.6. The molecule has 0 heterocycles. The first-order valence-corrected chi connectivity index (χ1v) is 5.44. The molecule has 0 radical (unpaired) electrons. The van der Waals surface area contributed by atoms with E-state index in [-0.39, 0.29) is 23.0 Å². The maximum atomic E-state index is 11.4. The molecule has 0 saturated heterocycles. The van der Waals surface area contributed by atoms with Crippen LogP contribution in [0, 0.1) is 29.6 Å². The summed E-state index contributed by atoms with van der Waals surface area (Å²) in [5.74, 6) is 2.80. The molecule has 2 heteroatoms. The second-order valence-electron chi connectivity index (χ2n) is 4.93. The van der Waals surface area contributed by atoms with Crippen LogP contribution in [0.5, 0.6) is 0 Å². The van der Waals surface area contributed by atoms with Gasteiger partial charge >= 0.3 is 0 Å². The Morgan fingerprint density at radius 2 is 2.40 bits per heavy atom. The van der Waals surface area contributed by atoms with Crippen LogP contribution in [0.2, 0.25) is 0 Å². The van der Waals surface area contributed by atoms with E-state index in [0.717, 1.165) is 19.3 Å². The molecule has 4 unspecified atom stereocenters. The van der Waals surface area contributed by atoms with Gasteiger partial charge in [0.1, 0.15) is 6.10 Å². The lowest BCUT2D eigenvalue weighted by Crippen LogP contribution is -2.45. The quantitative estimate of drug-likeness (QED) is 0.608. The van der Waals surface area contributed by atoms with Crippen LogP contribution in [0.3, 0.4) is 0 Å². The molecule has 0 aromatic carbocycles. The number of ketones is 1. The Morgan fingerprint density at radius 3 is 3.07 bits per heavy atom. The van der Waals surface area contributed by atoms with E-state index in [2.05, 4.69) is 12.8 Å². The number of hydrogen-bond acceptors (Lipinski definition) is 2. The molecule has 80 valence electrons. The van der Waals surface area contributed by atoms with Crippen molar-refractivity contribution in [2.24, 2.45) is 17.3 Å². The third-order valence-corrected chi connectivity index (χ3v) is 3.95. The Balaban J connectivity index is 2.28. The van der Waals surface area contributed by atoms with Gasteiger partial charge in [0.05, 0.1) is 0 Å². The number of fused-ring (bicyclic) bond motifs is 1. The highest BCUT2D eigenvalue weighted by Gasteiger charge is 2.45. The Labute approximate surface area is 90.4 Å². The van der Waals surface area contributed by atoms with Crippen molar-refractivity contribution < 1.29 is 9.90 Å². The summed E-state index contributed by atoms with van der Waals surface area (Å²) < 4.78 is 0. The average molecular weight is 204 g/mol. The van der Waals surface area contributed by atoms with Gasteiger partial charge in [-0.25, -0.2) is 0 Å². The highest BCUT2D eigenvalue weighted by Crippen LogP contribution is 2.47. The van der Waals surface area contributed by atoms with E-state index in [9.17, 15) is 9.90 Å². The van der Waals surface area contributed by atoms with Crippen molar-refractivity contribution >= 4 is 5.78 Å². The minimum absolute atomic E-state index is 0.00444. The van der Waals surface area contributed by atoms with E-state index in [1.165, 1.54) is 6.08 Å². The summed E-state index contributed by atoms with van der Waals surface area (Å²) in [5.41, 5.74) is -0.0410. The van der Waals surface area contributed by atoms with Crippen molar-refractivity contribution in [3.05, 3.63) is 12.2 Å². The van der Waals surface area contributed by atoms with Gasteiger partial charge in [0.2, 0.25) is 0 Å². The topological polar surface area (TPSA) is 37.3 Å². The van der Waals surface area contributed by atoms with Crippen molar-refractivity contribution in [1.82, 2.24) is 0 Å². The summed E-state index contributed by atoms with van der Waals surface area (Å²) >= 11 is 0. The minimum atomic E-state index is -0.851. The van der Waals surface area contributed by atoms with Crippen LogP contribution < -0.4 is 0 Å². The lowest BCUT2D eigenvalue weighted by molar-refractivity contribution is -0.130. The molecule has 0 aliphatic heterocycles. The van der Waals surface area contributed by atoms with E-state index in [4.69, 9.17) is 6.42 Å². The fraction of sp³-hybridized carbons (Fsp3) is 0.615. The smallest absolute Gasteiger partial charge is 0.184 e. The largest absolute Gasteiger partial charge is 0.385 e. The number of aliphatic hydroxyl groups excluding tert-OH is 1. The standard InChI is InChI=1S/C13H16O2/c1-3-9-4-6-13(2)7-5-11(14)12(15)10(13)8-9/h1,5,7,9-10,12,15H,4,6,8H2,2H3. The average Bonchev–Trinajstić information content (AvgIpc) is 2.24. The Morgan fingerprint density at radius 1 is 1.67 bits per heavy atom. The van der Waals surface area contributed by atoms with Gasteiger partial charge in [0.15, 0.2) is 5.78 Å². The van der Waals surface area contributed by atoms with Crippen LogP contribution in [0.15, 0.2) is 12.2 Å². The van der Waals surface area contributed by atoms with Crippen LogP contribution in [-0.2, 0) is 4.79 Å². The molecule has 0 bridgehead atoms. The lowest BCUT2D eigenvalue weighted by Gasteiger charge is -2.45. The summed E-state index contributed by atoms with van der Waals surface area (Å²) in [4.78, 5) is 11.4. The molecule has 2 aliphatic rings. The number of carbonyl (C=O) groups excluding carboxylic acids is 1. The van der Waals surface area contributed by atoms with Gasteiger partial charge < -0.3 is 5.11 Å². The van der Waals surface area contributed by atoms with Crippen LogP contribution in [-0.4, -0.2) is 17.0 Å². The number of carbonyl (C=O) groups is 1. The van der Waals surface area contributed by atoms with Gasteiger partial charge in [-0.05, 0) is 30.8 Å². The number of aliphatic hydroxyl groups is 1. The SMILES string of the molecule is C#CC1CCC2(C)C=CC(=O)C(O)C2C1. The molecule has 0 aromatic heterocycles. The van der Waals surface area contributed by atoms with Crippen LogP contribution in [0.25, 0.3) is 0 Å². The molecule has 4 atom stereocenters. The highest BCUT2D eigenvalue weighted by atomic mass is 16.3. The van der Waals surface area contributed by atoms with E-state index in [1.54, 1.807) is 0 Å². The zero-order valence-electron chi connectivity index (χ0n) is 8.94. The lowest BCUT2D eigenvalue weighted by atomic mass is 9.60. The molecule has 2 nitrogen and oxygen atoms in total. The summed E-state index contributed by atoms with van der Waals surface area (Å²) in [5, 5.41) is 9.88. The van der Waals surface area contributed by atoms with Crippen molar-refractivity contribution in [3.8, 4) is 12.3 Å². The van der Waals surface area contributed by atoms with Crippen molar-refractivity contribution in [2.45, 2.75) is 32.3 Å². The Kier molecular flexibility index (Phi) is 2.44. The summed E-state index contributed by atoms with van der Waals surface area (Å²) in [6.45, 7) is 2.11. The molecule has 0 spiro atoms. The third-order valence-electron chi connectivity index (χ3n) is 3.95. The second kappa shape index (κ2) is 3.50. The molecule has 15 heavy (non-hydrogen) atoms. The molecule has 2 rings (SSSR count). The predicted molar refractivity (Wildman–Crippen MR) is 57.9 cm³/mol. The second-order valence-corrected chi connectivity index (χ2v) is 4.93. The number of terminal acetylenes is 1. The van der Waals surface area contributed by atoms with Gasteiger partial charge in [-0.15, -0.1) is 12.3 Å². The predicted octanol–water partition coefficient (Wildman–Crippen LogP) is 1.54. The van der Waals surface area contributed by atoms with E-state index < -0.39 is 6.10 Å². The Bertz CT molecular complexity index is 350. The van der Waals surface area contributed by atoms with Crippen LogP contribution in [0.1, 0.15) is 26.2 Å². The zero-order valence-corrected chi connectivity index (χ0v) is 8.94. The monoisotopic (exact) mass is 204 g/mol. The van der Waals surface area contributed by atoms with Crippen molar-refractivity contribution in [2.75, 3.05) is 0 Å². The number of rotatable bonds is 0. The summed E-state index contributed by atoms with van der Waals surface area (Å²) in [6, 6.07) is 0. The van der Waals surface area contributed by atoms with Crippen LogP contribution >= 0.6 is 0 Å². The zero-order chi connectivity index (χ0) is 11.1. The maximum absolute atomic E-state index is 11.4. The van der Waals surface area contributed by atoms with Crippen LogP contribution in [0.4, 0.5) is 0 Å². The number of hydrogen-bond donors (Lipinski definition) is 1. The minimum Gasteiger partial charge on any atom is -0.385 e. The molecule has 0 amide bonds. The molecule has 1 fully saturated rings. The van der Waals surface area contributed by atoms with Gasteiger partial charge in [-0.1, -0.05) is 13.0 Å². The maximum Gasteiger partial charge on any atom is 0.184 e. The van der Waals surface area contributed by atoms with E-state index in [1.807, 2.05) is 6.08 Å². The molecule has 0 aromatic rings. The Hall–Kier alpha value is -1.07. The molecular formula is C13H16O2. The van der Waals surface area contributed by atoms with Gasteiger partial charge in [0.25, 0.3) is 0 Å². The molecule has 2 aliphatic carbocycles. The first-order valence-electron chi connectivity index (χ1n) is 5.44. The van der Waals surface area contributed by atoms with E-state index in [0.29, 0.717) is 0 Å². The summed E-state index contributed by atoms with van der Waals surface area (Å²) in [7, 11) is 0. The third kappa shape index (κ3) is 1.61. The molecule has 1 saturated carbocycles. The van der Waals surface area contributed by atoms with Gasteiger partial charge in [-0.2, -0.15) is 0 Å². The fourth-order valence-electron chi connectivity index (χ4n) is 2.78. The van der Waals surface area contributed by atoms with E-state index >= 15 is 0 Å². The van der Waals surface area contributed by atoms with Crippen molar-refractivity contribution in [1.29, 1.82) is 0 Å². The van der Waals surface area contributed by atoms with Gasteiger partial charge in [-0.3, -0.25) is 4.79 Å².